The highest BCUT2D eigenvalue weighted by molar-refractivity contribution is 5.33. The van der Waals surface area contributed by atoms with Gasteiger partial charge >= 0.3 is 0 Å². The second-order valence-electron chi connectivity index (χ2n) is 4.57. The minimum atomic E-state index is 0.695. The van der Waals surface area contributed by atoms with Crippen LogP contribution in [-0.4, -0.2) is 25.9 Å². The Morgan fingerprint density at radius 3 is 2.79 bits per heavy atom. The maximum absolute atomic E-state index is 8.97. The minimum absolute atomic E-state index is 0.695. The van der Waals surface area contributed by atoms with Crippen LogP contribution in [0.5, 0.6) is 0 Å². The highest BCUT2D eigenvalue weighted by atomic mass is 15.3. The van der Waals surface area contributed by atoms with Crippen molar-refractivity contribution in [2.24, 2.45) is 14.1 Å². The third kappa shape index (κ3) is 3.01. The van der Waals surface area contributed by atoms with Gasteiger partial charge in [0.05, 0.1) is 0 Å². The summed E-state index contributed by atoms with van der Waals surface area (Å²) in [4.78, 5) is 4.17. The van der Waals surface area contributed by atoms with Crippen LogP contribution < -0.4 is 5.32 Å². The zero-order valence-corrected chi connectivity index (χ0v) is 11.5. The summed E-state index contributed by atoms with van der Waals surface area (Å²) in [7, 11) is 3.77. The largest absolute Gasteiger partial charge is 0.340 e. The lowest BCUT2D eigenvalue weighted by atomic mass is 10.2. The molecule has 0 aliphatic heterocycles. The molecule has 19 heavy (non-hydrogen) atoms. The maximum atomic E-state index is 8.97. The van der Waals surface area contributed by atoms with E-state index < -0.39 is 0 Å². The SMILES string of the molecule is Cc1c(CNCCc2ncn(C)n2)cc(C#N)n1C. The van der Waals surface area contributed by atoms with Gasteiger partial charge in [0.2, 0.25) is 0 Å². The number of nitrogens with zero attached hydrogens (tertiary/aromatic N) is 5. The van der Waals surface area contributed by atoms with Crippen molar-refractivity contribution in [3.8, 4) is 6.07 Å². The normalized spacial score (nSPS) is 10.6. The molecule has 0 aromatic carbocycles. The summed E-state index contributed by atoms with van der Waals surface area (Å²) in [5, 5.41) is 16.5. The van der Waals surface area contributed by atoms with Gasteiger partial charge < -0.3 is 9.88 Å². The first-order valence-corrected chi connectivity index (χ1v) is 6.22. The van der Waals surface area contributed by atoms with Crippen molar-refractivity contribution >= 4 is 0 Å². The number of rotatable bonds is 5. The molecule has 2 heterocycles. The van der Waals surface area contributed by atoms with E-state index in [-0.39, 0.29) is 0 Å². The molecule has 2 aromatic rings. The second-order valence-corrected chi connectivity index (χ2v) is 4.57. The van der Waals surface area contributed by atoms with Crippen molar-refractivity contribution in [3.05, 3.63) is 35.2 Å². The van der Waals surface area contributed by atoms with Gasteiger partial charge in [-0.25, -0.2) is 4.98 Å². The number of aromatic nitrogens is 4. The molecular formula is C13H18N6. The molecule has 1 N–H and O–H groups in total. The first-order valence-electron chi connectivity index (χ1n) is 6.22. The Balaban J connectivity index is 1.85. The second kappa shape index (κ2) is 5.67. The smallest absolute Gasteiger partial charge is 0.151 e. The van der Waals surface area contributed by atoms with Crippen LogP contribution in [0.15, 0.2) is 12.4 Å². The highest BCUT2D eigenvalue weighted by Crippen LogP contribution is 2.12. The number of hydrogen-bond donors (Lipinski definition) is 1. The maximum Gasteiger partial charge on any atom is 0.151 e. The van der Waals surface area contributed by atoms with Gasteiger partial charge in [-0.3, -0.25) is 4.68 Å². The van der Waals surface area contributed by atoms with Crippen LogP contribution in [0.25, 0.3) is 0 Å². The van der Waals surface area contributed by atoms with Gasteiger partial charge in [-0.05, 0) is 18.6 Å². The molecule has 0 saturated carbocycles. The molecule has 0 bridgehead atoms. The van der Waals surface area contributed by atoms with Gasteiger partial charge in [-0.1, -0.05) is 0 Å². The molecular weight excluding hydrogens is 240 g/mol. The van der Waals surface area contributed by atoms with E-state index in [0.717, 1.165) is 36.6 Å². The van der Waals surface area contributed by atoms with E-state index in [9.17, 15) is 0 Å². The Kier molecular flexibility index (Phi) is 3.97. The standard InChI is InChI=1S/C13H18N6/c1-10-11(6-12(7-14)19(10)3)8-15-5-4-13-16-9-18(2)17-13/h6,9,15H,4-5,8H2,1-3H3. The Hall–Kier alpha value is -2.13. The molecule has 6 nitrogen and oxygen atoms in total. The minimum Gasteiger partial charge on any atom is -0.340 e. The lowest BCUT2D eigenvalue weighted by Crippen LogP contribution is -2.17. The topological polar surface area (TPSA) is 71.5 Å². The summed E-state index contributed by atoms with van der Waals surface area (Å²) in [5.41, 5.74) is 2.98. The Labute approximate surface area is 112 Å². The predicted molar refractivity (Wildman–Crippen MR) is 71.3 cm³/mol. The van der Waals surface area contributed by atoms with E-state index in [4.69, 9.17) is 5.26 Å². The summed E-state index contributed by atoms with van der Waals surface area (Å²) in [6.45, 7) is 3.60. The van der Waals surface area contributed by atoms with E-state index in [1.54, 1.807) is 11.0 Å². The molecule has 0 aliphatic rings. The van der Waals surface area contributed by atoms with E-state index in [0.29, 0.717) is 5.69 Å². The van der Waals surface area contributed by atoms with Crippen LogP contribution in [0.1, 0.15) is 22.8 Å². The molecule has 0 unspecified atom stereocenters. The first kappa shape index (κ1) is 13.3. The van der Waals surface area contributed by atoms with Crippen LogP contribution in [0.3, 0.4) is 0 Å². The van der Waals surface area contributed by atoms with Crippen molar-refractivity contribution in [1.82, 2.24) is 24.6 Å². The third-order valence-electron chi connectivity index (χ3n) is 3.24. The predicted octanol–water partition coefficient (Wildman–Crippen LogP) is 0.666. The van der Waals surface area contributed by atoms with Crippen LogP contribution in [0.4, 0.5) is 0 Å². The summed E-state index contributed by atoms with van der Waals surface area (Å²) >= 11 is 0. The fourth-order valence-electron chi connectivity index (χ4n) is 1.97. The van der Waals surface area contributed by atoms with E-state index in [1.807, 2.05) is 31.7 Å². The fraction of sp³-hybridized carbons (Fsp3) is 0.462. The zero-order chi connectivity index (χ0) is 13.8. The summed E-state index contributed by atoms with van der Waals surface area (Å²) in [6.07, 6.45) is 2.51. The molecule has 0 atom stereocenters. The molecule has 0 amide bonds. The quantitative estimate of drug-likeness (QED) is 0.800. The number of hydrogen-bond acceptors (Lipinski definition) is 4. The van der Waals surface area contributed by atoms with Crippen LogP contribution in [0, 0.1) is 18.3 Å². The highest BCUT2D eigenvalue weighted by Gasteiger charge is 2.08. The molecule has 6 heteroatoms. The number of aryl methyl sites for hydroxylation is 1. The number of nitrogens with one attached hydrogen (secondary N) is 1. The molecule has 0 saturated heterocycles. The molecule has 0 spiro atoms. The Morgan fingerprint density at radius 1 is 1.42 bits per heavy atom. The molecule has 2 aromatic heterocycles. The summed E-state index contributed by atoms with van der Waals surface area (Å²) in [5.74, 6) is 0.845. The Morgan fingerprint density at radius 2 is 2.21 bits per heavy atom. The average molecular weight is 258 g/mol. The van der Waals surface area contributed by atoms with Gasteiger partial charge in [0, 0.05) is 39.3 Å². The average Bonchev–Trinajstić information content (AvgIpc) is 2.92. The summed E-state index contributed by atoms with van der Waals surface area (Å²) < 4.78 is 3.62. The van der Waals surface area contributed by atoms with Gasteiger partial charge in [0.15, 0.2) is 5.82 Å². The summed E-state index contributed by atoms with van der Waals surface area (Å²) in [6, 6.07) is 4.12. The van der Waals surface area contributed by atoms with E-state index in [1.165, 1.54) is 0 Å². The van der Waals surface area contributed by atoms with Crippen molar-refractivity contribution in [2.45, 2.75) is 19.9 Å². The zero-order valence-electron chi connectivity index (χ0n) is 11.5. The molecule has 2 rings (SSSR count). The van der Waals surface area contributed by atoms with Gasteiger partial charge in [-0.2, -0.15) is 10.4 Å². The van der Waals surface area contributed by atoms with Crippen LogP contribution in [-0.2, 0) is 27.1 Å². The van der Waals surface area contributed by atoms with E-state index in [2.05, 4.69) is 21.5 Å². The third-order valence-corrected chi connectivity index (χ3v) is 3.24. The first-order chi connectivity index (χ1) is 9.11. The number of nitriles is 1. The Bertz CT molecular complexity index is 601. The lowest BCUT2D eigenvalue weighted by molar-refractivity contribution is 0.658. The van der Waals surface area contributed by atoms with Crippen molar-refractivity contribution in [2.75, 3.05) is 6.54 Å². The lowest BCUT2D eigenvalue weighted by Gasteiger charge is -2.04. The molecule has 0 radical (unpaired) electrons. The van der Waals surface area contributed by atoms with Gasteiger partial charge in [-0.15, -0.1) is 0 Å². The van der Waals surface area contributed by atoms with Crippen molar-refractivity contribution in [1.29, 1.82) is 5.26 Å². The molecule has 0 aliphatic carbocycles. The van der Waals surface area contributed by atoms with Crippen LogP contribution >= 0.6 is 0 Å². The fourth-order valence-corrected chi connectivity index (χ4v) is 1.97. The monoisotopic (exact) mass is 258 g/mol. The van der Waals surface area contributed by atoms with Crippen molar-refractivity contribution < 1.29 is 0 Å². The van der Waals surface area contributed by atoms with Gasteiger partial charge in [0.25, 0.3) is 0 Å². The van der Waals surface area contributed by atoms with Gasteiger partial charge in [0.1, 0.15) is 18.1 Å². The van der Waals surface area contributed by atoms with E-state index >= 15 is 0 Å². The van der Waals surface area contributed by atoms with Crippen LogP contribution in [0.2, 0.25) is 0 Å². The van der Waals surface area contributed by atoms with Crippen molar-refractivity contribution in [3.63, 3.8) is 0 Å². The molecule has 0 fully saturated rings. The molecule has 100 valence electrons.